The Morgan fingerprint density at radius 2 is 2.07 bits per heavy atom. The predicted octanol–water partition coefficient (Wildman–Crippen LogP) is -1.58. The number of nitrogens with two attached hydrogens (primary N) is 1. The Labute approximate surface area is 87.7 Å². The Bertz CT molecular complexity index is 311. The smallest absolute Gasteiger partial charge is 0.323 e. The van der Waals surface area contributed by atoms with Crippen molar-refractivity contribution in [3.63, 3.8) is 0 Å². The average molecular weight is 239 g/mol. The van der Waals surface area contributed by atoms with Gasteiger partial charge in [-0.2, -0.15) is 8.42 Å². The van der Waals surface area contributed by atoms with Gasteiger partial charge >= 0.3 is 5.97 Å². The molecule has 0 saturated carbocycles. The number of rotatable bonds is 7. The lowest BCUT2D eigenvalue weighted by Crippen LogP contribution is -2.33. The van der Waals surface area contributed by atoms with Crippen LogP contribution in [0.25, 0.3) is 0 Å². The molecule has 0 aliphatic rings. The summed E-state index contributed by atoms with van der Waals surface area (Å²) in [6.07, 6.45) is 1.25. The Morgan fingerprint density at radius 3 is 2.53 bits per heavy atom. The molecule has 7 nitrogen and oxygen atoms in total. The van der Waals surface area contributed by atoms with Crippen LogP contribution < -0.4 is 5.73 Å². The van der Waals surface area contributed by atoms with E-state index in [1.54, 1.807) is 0 Å². The number of aldehydes is 1. The van der Waals surface area contributed by atoms with Crippen LogP contribution in [0.15, 0.2) is 0 Å². The minimum absolute atomic E-state index is 0.133. The van der Waals surface area contributed by atoms with Crippen LogP contribution in [0.5, 0.6) is 0 Å². The molecule has 0 spiro atoms. The van der Waals surface area contributed by atoms with Gasteiger partial charge < -0.3 is 15.3 Å². The van der Waals surface area contributed by atoms with Gasteiger partial charge in [0.05, 0.1) is 6.26 Å². The third-order valence-corrected chi connectivity index (χ3v) is 1.87. The first-order valence-corrected chi connectivity index (χ1v) is 5.88. The van der Waals surface area contributed by atoms with Crippen molar-refractivity contribution in [3.05, 3.63) is 0 Å². The zero-order valence-corrected chi connectivity index (χ0v) is 9.03. The molecule has 0 fully saturated rings. The quantitative estimate of drug-likeness (QED) is 0.247. The number of hydrogen-bond donors (Lipinski definition) is 1. The van der Waals surface area contributed by atoms with E-state index >= 15 is 0 Å². The van der Waals surface area contributed by atoms with E-state index < -0.39 is 22.1 Å². The van der Waals surface area contributed by atoms with Crippen LogP contribution in [0, 0.1) is 0 Å². The zero-order valence-electron chi connectivity index (χ0n) is 8.21. The molecule has 88 valence electrons. The minimum atomic E-state index is -3.53. The Morgan fingerprint density at radius 1 is 1.47 bits per heavy atom. The van der Waals surface area contributed by atoms with Crippen molar-refractivity contribution in [3.8, 4) is 0 Å². The highest BCUT2D eigenvalue weighted by molar-refractivity contribution is 7.85. The second-order valence-corrected chi connectivity index (χ2v) is 4.35. The van der Waals surface area contributed by atoms with Crippen LogP contribution in [0.2, 0.25) is 0 Å². The van der Waals surface area contributed by atoms with Gasteiger partial charge in [0.25, 0.3) is 10.1 Å². The predicted molar refractivity (Wildman–Crippen MR) is 50.4 cm³/mol. The monoisotopic (exact) mass is 239 g/mol. The van der Waals surface area contributed by atoms with E-state index in [1.165, 1.54) is 0 Å². The van der Waals surface area contributed by atoms with Crippen LogP contribution in [0.4, 0.5) is 0 Å². The summed E-state index contributed by atoms with van der Waals surface area (Å²) < 4.78 is 29.8. The van der Waals surface area contributed by atoms with Gasteiger partial charge in [0, 0.05) is 6.42 Å². The first kappa shape index (κ1) is 14.0. The fourth-order valence-corrected chi connectivity index (χ4v) is 1.01. The van der Waals surface area contributed by atoms with E-state index in [4.69, 9.17) is 5.73 Å². The summed E-state index contributed by atoms with van der Waals surface area (Å²) in [7, 11) is -3.53. The van der Waals surface area contributed by atoms with Crippen LogP contribution in [-0.2, 0) is 28.6 Å². The lowest BCUT2D eigenvalue weighted by Gasteiger charge is -2.08. The van der Waals surface area contributed by atoms with Crippen LogP contribution in [0.3, 0.4) is 0 Å². The number of carbonyl (C=O) groups excluding carboxylic acids is 2. The van der Waals surface area contributed by atoms with E-state index in [0.29, 0.717) is 6.29 Å². The number of ether oxygens (including phenoxy) is 1. The van der Waals surface area contributed by atoms with Gasteiger partial charge in [0.15, 0.2) is 0 Å². The summed E-state index contributed by atoms with van der Waals surface area (Å²) in [5, 5.41) is 0. The normalized spacial score (nSPS) is 13.2. The molecule has 0 aromatic rings. The summed E-state index contributed by atoms with van der Waals surface area (Å²) in [5.41, 5.74) is 5.23. The first-order valence-electron chi connectivity index (χ1n) is 4.07. The lowest BCUT2D eigenvalue weighted by molar-refractivity contribution is -0.146. The van der Waals surface area contributed by atoms with Crippen molar-refractivity contribution in [2.75, 3.05) is 19.5 Å². The van der Waals surface area contributed by atoms with Crippen LogP contribution in [-0.4, -0.2) is 46.2 Å². The molecule has 0 aliphatic carbocycles. The van der Waals surface area contributed by atoms with Gasteiger partial charge in [-0.3, -0.25) is 8.98 Å². The fraction of sp³-hybridized carbons (Fsp3) is 0.714. The Kier molecular flexibility index (Phi) is 6.06. The molecule has 0 heterocycles. The van der Waals surface area contributed by atoms with Crippen molar-refractivity contribution < 1.29 is 26.9 Å². The standard InChI is InChI=1S/C7H13NO6S/c1-15(11,12)14-5-4-13-7(10)6(8)2-3-9/h3,6H,2,4-5,8H2,1H3. The highest BCUT2D eigenvalue weighted by Crippen LogP contribution is 1.91. The second-order valence-electron chi connectivity index (χ2n) is 2.70. The maximum absolute atomic E-state index is 10.9. The van der Waals surface area contributed by atoms with E-state index in [0.717, 1.165) is 6.26 Å². The summed E-state index contributed by atoms with van der Waals surface area (Å²) >= 11 is 0. The molecule has 0 bridgehead atoms. The van der Waals surface area contributed by atoms with E-state index in [2.05, 4.69) is 8.92 Å². The minimum Gasteiger partial charge on any atom is -0.462 e. The molecule has 0 aromatic heterocycles. The largest absolute Gasteiger partial charge is 0.462 e. The van der Waals surface area contributed by atoms with E-state index in [1.807, 2.05) is 0 Å². The molecular formula is C7H13NO6S. The molecule has 2 N–H and O–H groups in total. The van der Waals surface area contributed by atoms with Gasteiger partial charge in [-0.25, -0.2) is 0 Å². The molecule has 0 aliphatic heterocycles. The highest BCUT2D eigenvalue weighted by Gasteiger charge is 2.14. The van der Waals surface area contributed by atoms with E-state index in [9.17, 15) is 18.0 Å². The van der Waals surface area contributed by atoms with Gasteiger partial charge in [0.1, 0.15) is 25.5 Å². The summed E-state index contributed by atoms with van der Waals surface area (Å²) in [6.45, 7) is -0.489. The molecule has 0 radical (unpaired) electrons. The molecule has 0 rings (SSSR count). The molecule has 1 atom stereocenters. The van der Waals surface area contributed by atoms with Crippen molar-refractivity contribution in [1.29, 1.82) is 0 Å². The molecule has 1 unspecified atom stereocenters. The summed E-state index contributed by atoms with van der Waals surface area (Å²) in [4.78, 5) is 20.9. The number of carbonyl (C=O) groups is 2. The summed E-state index contributed by atoms with van der Waals surface area (Å²) in [6, 6.07) is -1.01. The third kappa shape index (κ3) is 8.03. The second kappa shape index (κ2) is 6.49. The molecule has 8 heteroatoms. The van der Waals surface area contributed by atoms with E-state index in [-0.39, 0.29) is 19.6 Å². The van der Waals surface area contributed by atoms with Gasteiger partial charge in [0.2, 0.25) is 0 Å². The van der Waals surface area contributed by atoms with Crippen molar-refractivity contribution >= 4 is 22.4 Å². The molecular weight excluding hydrogens is 226 g/mol. The van der Waals surface area contributed by atoms with Crippen molar-refractivity contribution in [2.24, 2.45) is 5.73 Å². The molecule has 15 heavy (non-hydrogen) atoms. The topological polar surface area (TPSA) is 113 Å². The Balaban J connectivity index is 3.68. The first-order chi connectivity index (χ1) is 6.87. The average Bonchev–Trinajstić information content (AvgIpc) is 2.11. The maximum Gasteiger partial charge on any atom is 0.323 e. The van der Waals surface area contributed by atoms with Crippen LogP contribution >= 0.6 is 0 Å². The Hall–Kier alpha value is -0.990. The van der Waals surface area contributed by atoms with Crippen molar-refractivity contribution in [1.82, 2.24) is 0 Å². The van der Waals surface area contributed by atoms with Gasteiger partial charge in [-0.1, -0.05) is 0 Å². The molecule has 0 saturated heterocycles. The highest BCUT2D eigenvalue weighted by atomic mass is 32.2. The van der Waals surface area contributed by atoms with Gasteiger partial charge in [-0.15, -0.1) is 0 Å². The number of esters is 1. The summed E-state index contributed by atoms with van der Waals surface area (Å²) in [5.74, 6) is -0.765. The van der Waals surface area contributed by atoms with Crippen LogP contribution in [0.1, 0.15) is 6.42 Å². The molecule has 0 aromatic carbocycles. The molecule has 0 amide bonds. The van der Waals surface area contributed by atoms with Crippen molar-refractivity contribution in [2.45, 2.75) is 12.5 Å². The van der Waals surface area contributed by atoms with Gasteiger partial charge in [-0.05, 0) is 0 Å². The zero-order chi connectivity index (χ0) is 11.9. The third-order valence-electron chi connectivity index (χ3n) is 1.28. The lowest BCUT2D eigenvalue weighted by atomic mass is 10.2. The maximum atomic E-state index is 10.9. The SMILES string of the molecule is CS(=O)(=O)OCCOC(=O)C(N)CC=O. The number of hydrogen-bond acceptors (Lipinski definition) is 7. The fourth-order valence-electron chi connectivity index (χ4n) is 0.635.